The Morgan fingerprint density at radius 3 is 2.38 bits per heavy atom. The van der Waals surface area contributed by atoms with Crippen molar-refractivity contribution in [1.29, 1.82) is 0 Å². The maximum atomic E-state index is 13.0. The van der Waals surface area contributed by atoms with Gasteiger partial charge in [0.25, 0.3) is 0 Å². The molecule has 0 bridgehead atoms. The van der Waals surface area contributed by atoms with Crippen molar-refractivity contribution in [3.8, 4) is 0 Å². The van der Waals surface area contributed by atoms with Crippen molar-refractivity contribution in [3.05, 3.63) is 29.3 Å². The van der Waals surface area contributed by atoms with Gasteiger partial charge in [-0.25, -0.2) is 8.42 Å². The molecule has 2 N–H and O–H groups in total. The van der Waals surface area contributed by atoms with Crippen molar-refractivity contribution in [1.82, 2.24) is 4.31 Å². The van der Waals surface area contributed by atoms with Crippen molar-refractivity contribution in [2.75, 3.05) is 13.6 Å². The maximum Gasteiger partial charge on any atom is 0.243 e. The third-order valence-corrected chi connectivity index (χ3v) is 6.92. The van der Waals surface area contributed by atoms with E-state index in [2.05, 4.69) is 0 Å². The molecule has 0 atom stereocenters. The highest BCUT2D eigenvalue weighted by atomic mass is 32.2. The molecule has 1 aromatic rings. The quantitative estimate of drug-likeness (QED) is 0.929. The van der Waals surface area contributed by atoms with Crippen LogP contribution in [0, 0.1) is 13.8 Å². The van der Waals surface area contributed by atoms with E-state index in [1.165, 1.54) is 6.42 Å². The first kappa shape index (κ1) is 16.5. The van der Waals surface area contributed by atoms with Crippen LogP contribution in [0.25, 0.3) is 0 Å². The predicted molar refractivity (Wildman–Crippen MR) is 85.7 cm³/mol. The summed E-state index contributed by atoms with van der Waals surface area (Å²) in [4.78, 5) is 0.406. The zero-order valence-corrected chi connectivity index (χ0v) is 14.0. The van der Waals surface area contributed by atoms with Crippen LogP contribution in [0.5, 0.6) is 0 Å². The Balaban J connectivity index is 2.44. The normalized spacial score (nSPS) is 18.9. The van der Waals surface area contributed by atoms with Gasteiger partial charge in [0.05, 0.1) is 4.90 Å². The van der Waals surface area contributed by atoms with Crippen LogP contribution in [0.15, 0.2) is 23.1 Å². The number of hydrogen-bond acceptors (Lipinski definition) is 3. The van der Waals surface area contributed by atoms with E-state index in [0.29, 0.717) is 11.4 Å². The molecule has 0 spiro atoms. The van der Waals surface area contributed by atoms with Crippen molar-refractivity contribution < 1.29 is 8.42 Å². The zero-order chi connectivity index (χ0) is 15.7. The van der Waals surface area contributed by atoms with E-state index >= 15 is 0 Å². The number of aryl methyl sites for hydroxylation is 2. The second kappa shape index (κ2) is 6.07. The number of nitrogens with zero attached hydrogens (tertiary/aromatic N) is 1. The summed E-state index contributed by atoms with van der Waals surface area (Å²) >= 11 is 0. The molecule has 4 nitrogen and oxygen atoms in total. The highest BCUT2D eigenvalue weighted by Crippen LogP contribution is 2.36. The van der Waals surface area contributed by atoms with Crippen LogP contribution >= 0.6 is 0 Å². The third-order valence-electron chi connectivity index (χ3n) is 4.81. The largest absolute Gasteiger partial charge is 0.329 e. The number of rotatable bonds is 4. The molecule has 21 heavy (non-hydrogen) atoms. The van der Waals surface area contributed by atoms with Gasteiger partial charge in [0.15, 0.2) is 0 Å². The number of nitrogens with two attached hydrogens (primary N) is 1. The number of benzene rings is 1. The minimum atomic E-state index is -3.51. The average molecular weight is 310 g/mol. The smallest absolute Gasteiger partial charge is 0.243 e. The van der Waals surface area contributed by atoms with Crippen molar-refractivity contribution in [3.63, 3.8) is 0 Å². The van der Waals surface area contributed by atoms with Crippen LogP contribution in [0.2, 0.25) is 0 Å². The molecule has 0 aromatic heterocycles. The fraction of sp³-hybridized carbons (Fsp3) is 0.625. The van der Waals surface area contributed by atoms with Gasteiger partial charge in [-0.2, -0.15) is 4.31 Å². The topological polar surface area (TPSA) is 63.4 Å². The first-order chi connectivity index (χ1) is 9.83. The lowest BCUT2D eigenvalue weighted by Gasteiger charge is -2.43. The summed E-state index contributed by atoms with van der Waals surface area (Å²) < 4.78 is 27.6. The Bertz CT molecular complexity index is 605. The summed E-state index contributed by atoms with van der Waals surface area (Å²) in [6, 6.07) is 5.56. The van der Waals surface area contributed by atoms with Gasteiger partial charge in [0.1, 0.15) is 0 Å². The molecule has 1 aliphatic rings. The Kier molecular flexibility index (Phi) is 4.76. The SMILES string of the molecule is Cc1ccc(C)c(S(=O)(=O)N(C)C2(CN)CCCCC2)c1. The van der Waals surface area contributed by atoms with E-state index in [0.717, 1.165) is 36.8 Å². The number of likely N-dealkylation sites (N-methyl/N-ethyl adjacent to an activating group) is 1. The van der Waals surface area contributed by atoms with E-state index in [1.807, 2.05) is 26.0 Å². The molecular formula is C16H26N2O2S. The fourth-order valence-corrected chi connectivity index (χ4v) is 5.12. The minimum Gasteiger partial charge on any atom is -0.329 e. The first-order valence-electron chi connectivity index (χ1n) is 7.60. The summed E-state index contributed by atoms with van der Waals surface area (Å²) in [7, 11) is -1.82. The Morgan fingerprint density at radius 1 is 1.19 bits per heavy atom. The zero-order valence-electron chi connectivity index (χ0n) is 13.2. The molecule has 0 aliphatic heterocycles. The van der Waals surface area contributed by atoms with Gasteiger partial charge in [0.2, 0.25) is 10.0 Å². The fourth-order valence-electron chi connectivity index (χ4n) is 3.25. The lowest BCUT2D eigenvalue weighted by molar-refractivity contribution is 0.159. The Morgan fingerprint density at radius 2 is 1.81 bits per heavy atom. The van der Waals surface area contributed by atoms with Crippen LogP contribution in [0.4, 0.5) is 0 Å². The van der Waals surface area contributed by atoms with Gasteiger partial charge in [-0.15, -0.1) is 0 Å². The first-order valence-corrected chi connectivity index (χ1v) is 9.04. The van der Waals surface area contributed by atoms with Gasteiger partial charge >= 0.3 is 0 Å². The van der Waals surface area contributed by atoms with E-state index in [-0.39, 0.29) is 0 Å². The highest BCUT2D eigenvalue weighted by molar-refractivity contribution is 7.89. The molecular weight excluding hydrogens is 284 g/mol. The summed E-state index contributed by atoms with van der Waals surface area (Å²) in [5.41, 5.74) is 7.30. The second-order valence-electron chi connectivity index (χ2n) is 6.23. The summed E-state index contributed by atoms with van der Waals surface area (Å²) in [5.74, 6) is 0. The molecule has 5 heteroatoms. The monoisotopic (exact) mass is 310 g/mol. The van der Waals surface area contributed by atoms with Crippen LogP contribution in [-0.4, -0.2) is 31.9 Å². The molecule has 2 rings (SSSR count). The summed E-state index contributed by atoms with van der Waals surface area (Å²) in [6.45, 7) is 4.14. The van der Waals surface area contributed by atoms with Crippen molar-refractivity contribution >= 4 is 10.0 Å². The molecule has 0 unspecified atom stereocenters. The standard InChI is InChI=1S/C16H26N2O2S/c1-13-7-8-14(2)15(11-13)21(19,20)18(3)16(12-17)9-5-4-6-10-16/h7-8,11H,4-6,9-10,12,17H2,1-3H3. The Labute approximate surface area is 128 Å². The maximum absolute atomic E-state index is 13.0. The highest BCUT2D eigenvalue weighted by Gasteiger charge is 2.41. The average Bonchev–Trinajstić information content (AvgIpc) is 2.49. The van der Waals surface area contributed by atoms with Gasteiger partial charge in [-0.05, 0) is 43.9 Å². The molecule has 0 saturated heterocycles. The van der Waals surface area contributed by atoms with E-state index in [9.17, 15) is 8.42 Å². The van der Waals surface area contributed by atoms with Crippen LogP contribution in [-0.2, 0) is 10.0 Å². The van der Waals surface area contributed by atoms with Gasteiger partial charge in [-0.1, -0.05) is 31.4 Å². The third kappa shape index (κ3) is 3.00. The van der Waals surface area contributed by atoms with Gasteiger partial charge in [-0.3, -0.25) is 0 Å². The van der Waals surface area contributed by atoms with E-state index in [1.54, 1.807) is 17.4 Å². The van der Waals surface area contributed by atoms with E-state index < -0.39 is 15.6 Å². The van der Waals surface area contributed by atoms with Crippen LogP contribution in [0.3, 0.4) is 0 Å². The molecule has 0 heterocycles. The molecule has 118 valence electrons. The van der Waals surface area contributed by atoms with Crippen LogP contribution < -0.4 is 5.73 Å². The molecule has 0 amide bonds. The van der Waals surface area contributed by atoms with Gasteiger partial charge < -0.3 is 5.73 Å². The molecule has 1 aromatic carbocycles. The second-order valence-corrected chi connectivity index (χ2v) is 8.17. The number of sulfonamides is 1. The van der Waals surface area contributed by atoms with Crippen molar-refractivity contribution in [2.45, 2.75) is 56.4 Å². The summed E-state index contributed by atoms with van der Waals surface area (Å²) in [5, 5.41) is 0. The number of hydrogen-bond donors (Lipinski definition) is 1. The van der Waals surface area contributed by atoms with Gasteiger partial charge in [0, 0.05) is 19.1 Å². The minimum absolute atomic E-state index is 0.383. The molecule has 1 aliphatic carbocycles. The lowest BCUT2D eigenvalue weighted by Crippen LogP contribution is -2.55. The predicted octanol–water partition coefficient (Wildman–Crippen LogP) is 2.59. The summed E-state index contributed by atoms with van der Waals surface area (Å²) in [6.07, 6.45) is 4.96. The molecule has 0 radical (unpaired) electrons. The lowest BCUT2D eigenvalue weighted by atomic mass is 9.82. The van der Waals surface area contributed by atoms with Crippen LogP contribution in [0.1, 0.15) is 43.2 Å². The Hall–Kier alpha value is -0.910. The molecule has 1 saturated carbocycles. The van der Waals surface area contributed by atoms with Crippen molar-refractivity contribution in [2.24, 2.45) is 5.73 Å². The molecule has 1 fully saturated rings. The van der Waals surface area contributed by atoms with E-state index in [4.69, 9.17) is 5.73 Å².